The first-order valence-corrected chi connectivity index (χ1v) is 6.08. The van der Waals surface area contributed by atoms with Gasteiger partial charge in [0.15, 0.2) is 0 Å². The molecule has 2 rings (SSSR count). The van der Waals surface area contributed by atoms with Gasteiger partial charge in [-0.2, -0.15) is 0 Å². The molecule has 94 valence electrons. The van der Waals surface area contributed by atoms with Crippen LogP contribution < -0.4 is 10.5 Å². The van der Waals surface area contributed by atoms with Gasteiger partial charge in [0.05, 0.1) is 10.0 Å². The van der Waals surface area contributed by atoms with Crippen molar-refractivity contribution < 1.29 is 4.74 Å². The maximum atomic E-state index is 5.88. The van der Waals surface area contributed by atoms with E-state index in [1.54, 1.807) is 30.6 Å². The standard InChI is InChI=1S/C12H11Cl2N3O/c13-10-2-1-9(5-11(10)14)18-12-16-6-8(3-4-15)7-17-12/h1-2,5-7H,3-4,15H2. The van der Waals surface area contributed by atoms with Crippen molar-refractivity contribution in [3.05, 3.63) is 46.2 Å². The summed E-state index contributed by atoms with van der Waals surface area (Å²) >= 11 is 11.7. The van der Waals surface area contributed by atoms with Crippen molar-refractivity contribution in [3.63, 3.8) is 0 Å². The second-order valence-corrected chi connectivity index (χ2v) is 4.40. The first-order chi connectivity index (χ1) is 8.69. The Labute approximate surface area is 115 Å². The molecule has 0 unspecified atom stereocenters. The van der Waals surface area contributed by atoms with Gasteiger partial charge in [-0.15, -0.1) is 0 Å². The highest BCUT2D eigenvalue weighted by molar-refractivity contribution is 6.42. The number of nitrogens with zero attached hydrogens (tertiary/aromatic N) is 2. The number of nitrogens with two attached hydrogens (primary N) is 1. The highest BCUT2D eigenvalue weighted by atomic mass is 35.5. The Kier molecular flexibility index (Phi) is 4.36. The van der Waals surface area contributed by atoms with Gasteiger partial charge in [-0.1, -0.05) is 23.2 Å². The number of rotatable bonds is 4. The maximum Gasteiger partial charge on any atom is 0.321 e. The predicted molar refractivity (Wildman–Crippen MR) is 71.3 cm³/mol. The Bertz CT molecular complexity index is 531. The van der Waals surface area contributed by atoms with Crippen molar-refractivity contribution in [2.75, 3.05) is 6.54 Å². The molecule has 2 N–H and O–H groups in total. The van der Waals surface area contributed by atoms with Crippen molar-refractivity contribution >= 4 is 23.2 Å². The third-order valence-electron chi connectivity index (χ3n) is 2.21. The van der Waals surface area contributed by atoms with Crippen LogP contribution in [-0.2, 0) is 6.42 Å². The molecule has 6 heteroatoms. The van der Waals surface area contributed by atoms with Gasteiger partial charge in [-0.3, -0.25) is 0 Å². The molecule has 4 nitrogen and oxygen atoms in total. The van der Waals surface area contributed by atoms with Crippen LogP contribution in [0, 0.1) is 0 Å². The molecule has 0 saturated carbocycles. The first-order valence-electron chi connectivity index (χ1n) is 5.33. The molecule has 0 atom stereocenters. The van der Waals surface area contributed by atoms with Gasteiger partial charge in [-0.25, -0.2) is 9.97 Å². The fraction of sp³-hybridized carbons (Fsp3) is 0.167. The molecule has 1 aromatic carbocycles. The van der Waals surface area contributed by atoms with Crippen LogP contribution in [0.4, 0.5) is 0 Å². The molecule has 0 aliphatic carbocycles. The number of ether oxygens (including phenoxy) is 1. The van der Waals surface area contributed by atoms with Crippen LogP contribution in [-0.4, -0.2) is 16.5 Å². The summed E-state index contributed by atoms with van der Waals surface area (Å²) in [5.41, 5.74) is 6.41. The Hall–Kier alpha value is -1.36. The van der Waals surface area contributed by atoms with E-state index >= 15 is 0 Å². The largest absolute Gasteiger partial charge is 0.424 e. The predicted octanol–water partition coefficient (Wildman–Crippen LogP) is 3.08. The molecule has 0 aliphatic heterocycles. The summed E-state index contributed by atoms with van der Waals surface area (Å²) in [5.74, 6) is 0.538. The second-order valence-electron chi connectivity index (χ2n) is 3.59. The van der Waals surface area contributed by atoms with E-state index in [0.717, 1.165) is 12.0 Å². The van der Waals surface area contributed by atoms with Crippen LogP contribution >= 0.6 is 23.2 Å². The minimum Gasteiger partial charge on any atom is -0.424 e. The molecule has 0 saturated heterocycles. The van der Waals surface area contributed by atoms with Gasteiger partial charge >= 0.3 is 6.01 Å². The lowest BCUT2D eigenvalue weighted by Crippen LogP contribution is -2.03. The summed E-state index contributed by atoms with van der Waals surface area (Å²) < 4.78 is 5.45. The third kappa shape index (κ3) is 3.32. The van der Waals surface area contributed by atoms with E-state index in [1.807, 2.05) is 0 Å². The van der Waals surface area contributed by atoms with Crippen LogP contribution in [0.2, 0.25) is 10.0 Å². The van der Waals surface area contributed by atoms with Gasteiger partial charge in [0, 0.05) is 18.5 Å². The monoisotopic (exact) mass is 283 g/mol. The lowest BCUT2D eigenvalue weighted by atomic mass is 10.2. The van der Waals surface area contributed by atoms with E-state index in [9.17, 15) is 0 Å². The number of hydrogen-bond acceptors (Lipinski definition) is 4. The fourth-order valence-electron chi connectivity index (χ4n) is 1.34. The van der Waals surface area contributed by atoms with E-state index in [0.29, 0.717) is 22.3 Å². The molecular formula is C12H11Cl2N3O. The number of benzene rings is 1. The van der Waals surface area contributed by atoms with E-state index in [1.165, 1.54) is 0 Å². The molecule has 1 aromatic heterocycles. The van der Waals surface area contributed by atoms with Crippen molar-refractivity contribution in [2.24, 2.45) is 5.73 Å². The van der Waals surface area contributed by atoms with Crippen molar-refractivity contribution in [2.45, 2.75) is 6.42 Å². The van der Waals surface area contributed by atoms with Crippen molar-refractivity contribution in [1.29, 1.82) is 0 Å². The molecule has 0 radical (unpaired) electrons. The van der Waals surface area contributed by atoms with Crippen molar-refractivity contribution in [3.8, 4) is 11.8 Å². The summed E-state index contributed by atoms with van der Waals surface area (Å²) in [6.07, 6.45) is 4.12. The summed E-state index contributed by atoms with van der Waals surface area (Å²) in [6.45, 7) is 0.566. The van der Waals surface area contributed by atoms with E-state index in [-0.39, 0.29) is 6.01 Å². The average Bonchev–Trinajstić information content (AvgIpc) is 2.37. The quantitative estimate of drug-likeness (QED) is 0.937. The highest BCUT2D eigenvalue weighted by Gasteiger charge is 2.04. The smallest absolute Gasteiger partial charge is 0.321 e. The summed E-state index contributed by atoms with van der Waals surface area (Å²) in [5, 5.41) is 0.900. The molecular weight excluding hydrogens is 273 g/mol. The molecule has 0 spiro atoms. The summed E-state index contributed by atoms with van der Waals surface area (Å²) in [7, 11) is 0. The zero-order valence-corrected chi connectivity index (χ0v) is 10.9. The van der Waals surface area contributed by atoms with E-state index in [4.69, 9.17) is 33.7 Å². The molecule has 0 amide bonds. The lowest BCUT2D eigenvalue weighted by molar-refractivity contribution is 0.441. The minimum absolute atomic E-state index is 0.258. The zero-order valence-electron chi connectivity index (χ0n) is 9.44. The lowest BCUT2D eigenvalue weighted by Gasteiger charge is -2.05. The number of aromatic nitrogens is 2. The molecule has 0 bridgehead atoms. The molecule has 0 aliphatic rings. The van der Waals surface area contributed by atoms with Crippen LogP contribution in [0.3, 0.4) is 0 Å². The van der Waals surface area contributed by atoms with Gasteiger partial charge in [0.1, 0.15) is 5.75 Å². The molecule has 18 heavy (non-hydrogen) atoms. The van der Waals surface area contributed by atoms with Gasteiger partial charge < -0.3 is 10.5 Å². The Morgan fingerprint density at radius 2 is 1.83 bits per heavy atom. The fourth-order valence-corrected chi connectivity index (χ4v) is 1.63. The second kappa shape index (κ2) is 6.00. The van der Waals surface area contributed by atoms with Crippen LogP contribution in [0.5, 0.6) is 11.8 Å². The number of hydrogen-bond donors (Lipinski definition) is 1. The summed E-state index contributed by atoms with van der Waals surface area (Å²) in [4.78, 5) is 8.16. The average molecular weight is 284 g/mol. The third-order valence-corrected chi connectivity index (χ3v) is 2.95. The summed E-state index contributed by atoms with van der Waals surface area (Å²) in [6, 6.07) is 5.23. The van der Waals surface area contributed by atoms with E-state index < -0.39 is 0 Å². The molecule has 1 heterocycles. The van der Waals surface area contributed by atoms with Gasteiger partial charge in [0.25, 0.3) is 0 Å². The molecule has 0 fully saturated rings. The Morgan fingerprint density at radius 1 is 1.11 bits per heavy atom. The normalized spacial score (nSPS) is 10.4. The highest BCUT2D eigenvalue weighted by Crippen LogP contribution is 2.28. The van der Waals surface area contributed by atoms with Crippen LogP contribution in [0.15, 0.2) is 30.6 Å². The van der Waals surface area contributed by atoms with E-state index in [2.05, 4.69) is 9.97 Å². The Morgan fingerprint density at radius 3 is 2.44 bits per heavy atom. The molecule has 2 aromatic rings. The van der Waals surface area contributed by atoms with Crippen molar-refractivity contribution in [1.82, 2.24) is 9.97 Å². The van der Waals surface area contributed by atoms with Gasteiger partial charge in [-0.05, 0) is 30.7 Å². The first kappa shape index (κ1) is 13.1. The van der Waals surface area contributed by atoms with Gasteiger partial charge in [0.2, 0.25) is 0 Å². The SMILES string of the molecule is NCCc1cnc(Oc2ccc(Cl)c(Cl)c2)nc1. The number of halogens is 2. The zero-order chi connectivity index (χ0) is 13.0. The topological polar surface area (TPSA) is 61.0 Å². The minimum atomic E-state index is 0.258. The van der Waals surface area contributed by atoms with Crippen LogP contribution in [0.1, 0.15) is 5.56 Å². The van der Waals surface area contributed by atoms with Crippen LogP contribution in [0.25, 0.3) is 0 Å². The Balaban J connectivity index is 2.10. The maximum absolute atomic E-state index is 5.88.